The standard InChI is InChI=1S/C20H14N6S4.2Na/c27-15-9-16(28)24-19(23-15)21-13-5-1-11(2-6-13)12-3-7-14(8-4-12)22-20-25-17(29)10-18(30)26-20;;/h1,3,5-10H,(H3,21,23,24,27,28)(H3,22,25,26,29,30);;/q-2;2*+1. The number of H-pyrrole nitrogens is 2. The maximum absolute atomic E-state index is 5.14. The minimum Gasteiger partial charge on any atom is -0.366 e. The van der Waals surface area contributed by atoms with E-state index in [0.29, 0.717) is 31.2 Å². The first-order valence-electron chi connectivity index (χ1n) is 8.63. The molecule has 0 unspecified atom stereocenters. The molecule has 0 saturated carbocycles. The van der Waals surface area contributed by atoms with Crippen molar-refractivity contribution in [3.8, 4) is 11.1 Å². The SMILES string of the molecule is S=c1cc(S)nc(Nc2c[c-]c(-c3[c-]cc(Nc4nc(S)cc(=S)[nH]4)cc3)cc2)[nH]1.[Na+].[Na+]. The van der Waals surface area contributed by atoms with Gasteiger partial charge < -0.3 is 20.6 Å². The van der Waals surface area contributed by atoms with Gasteiger partial charge in [-0.3, -0.25) is 0 Å². The average Bonchev–Trinajstić information content (AvgIpc) is 2.68. The van der Waals surface area contributed by atoms with Gasteiger partial charge >= 0.3 is 59.1 Å². The Bertz CT molecular complexity index is 1200. The molecule has 32 heavy (non-hydrogen) atoms. The Morgan fingerprint density at radius 2 is 1.12 bits per heavy atom. The number of aromatic nitrogens is 4. The molecule has 2 aromatic carbocycles. The summed E-state index contributed by atoms with van der Waals surface area (Å²) in [6, 6.07) is 21.3. The van der Waals surface area contributed by atoms with Crippen LogP contribution < -0.4 is 69.7 Å². The number of hydrogen-bond donors (Lipinski definition) is 6. The molecule has 0 bridgehead atoms. The van der Waals surface area contributed by atoms with Crippen LogP contribution in [0.3, 0.4) is 0 Å². The molecule has 6 nitrogen and oxygen atoms in total. The Morgan fingerprint density at radius 3 is 1.44 bits per heavy atom. The van der Waals surface area contributed by atoms with Gasteiger partial charge in [0.1, 0.15) is 9.28 Å². The maximum atomic E-state index is 5.14. The largest absolute Gasteiger partial charge is 1.00 e. The van der Waals surface area contributed by atoms with Crippen molar-refractivity contribution in [3.63, 3.8) is 0 Å². The molecule has 0 aliphatic rings. The Balaban J connectivity index is 0.00000181. The Morgan fingerprint density at radius 1 is 0.719 bits per heavy atom. The predicted octanol–water partition coefficient (Wildman–Crippen LogP) is -0.0682. The number of anilines is 4. The minimum atomic E-state index is 0. The summed E-state index contributed by atoms with van der Waals surface area (Å²) in [5, 5.41) is 7.39. The summed E-state index contributed by atoms with van der Waals surface area (Å²) in [6.07, 6.45) is 0. The molecular formula is C20H14N6Na2S4. The monoisotopic (exact) mass is 512 g/mol. The van der Waals surface area contributed by atoms with Crippen LogP contribution in [0.25, 0.3) is 11.1 Å². The number of benzene rings is 2. The van der Waals surface area contributed by atoms with Crippen LogP contribution in [0.15, 0.2) is 58.6 Å². The van der Waals surface area contributed by atoms with Crippen molar-refractivity contribution in [2.75, 3.05) is 10.6 Å². The van der Waals surface area contributed by atoms with Crippen molar-refractivity contribution in [2.24, 2.45) is 0 Å². The van der Waals surface area contributed by atoms with Crippen molar-refractivity contribution in [1.29, 1.82) is 0 Å². The number of aromatic amines is 2. The van der Waals surface area contributed by atoms with Crippen molar-refractivity contribution in [1.82, 2.24) is 19.9 Å². The number of nitrogens with zero attached hydrogens (tertiary/aromatic N) is 2. The Kier molecular flexibility index (Phi) is 11.0. The molecule has 4 rings (SSSR count). The number of hydrogen-bond acceptors (Lipinski definition) is 8. The van der Waals surface area contributed by atoms with Gasteiger partial charge in [0, 0.05) is 12.1 Å². The second kappa shape index (κ2) is 12.7. The molecular weight excluding hydrogens is 499 g/mol. The predicted molar refractivity (Wildman–Crippen MR) is 129 cm³/mol. The van der Waals surface area contributed by atoms with Gasteiger partial charge in [-0.05, 0) is 11.4 Å². The molecule has 2 aromatic heterocycles. The normalized spacial score (nSPS) is 9.94. The molecule has 0 atom stereocenters. The van der Waals surface area contributed by atoms with E-state index in [1.165, 1.54) is 0 Å². The van der Waals surface area contributed by atoms with Gasteiger partial charge in [0.15, 0.2) is 11.9 Å². The zero-order valence-electron chi connectivity index (χ0n) is 17.2. The smallest absolute Gasteiger partial charge is 0.366 e. The molecule has 0 saturated heterocycles. The zero-order chi connectivity index (χ0) is 21.1. The van der Waals surface area contributed by atoms with E-state index in [9.17, 15) is 0 Å². The molecule has 0 fully saturated rings. The van der Waals surface area contributed by atoms with Crippen LogP contribution >= 0.6 is 49.7 Å². The Labute approximate surface area is 250 Å². The molecule has 0 aliphatic heterocycles. The van der Waals surface area contributed by atoms with Crippen molar-refractivity contribution < 1.29 is 59.1 Å². The van der Waals surface area contributed by atoms with E-state index >= 15 is 0 Å². The summed E-state index contributed by atoms with van der Waals surface area (Å²) in [6.45, 7) is 0. The summed E-state index contributed by atoms with van der Waals surface area (Å²) in [4.78, 5) is 14.4. The quantitative estimate of drug-likeness (QED) is 0.0739. The fourth-order valence-corrected chi connectivity index (χ4v) is 3.67. The van der Waals surface area contributed by atoms with Crippen molar-refractivity contribution in [2.45, 2.75) is 10.1 Å². The molecule has 4 aromatic rings. The van der Waals surface area contributed by atoms with Gasteiger partial charge in [-0.25, -0.2) is 21.1 Å². The summed E-state index contributed by atoms with van der Waals surface area (Å²) >= 11 is 18.7. The van der Waals surface area contributed by atoms with Crippen LogP contribution in [-0.2, 0) is 0 Å². The third-order valence-electron chi connectivity index (χ3n) is 3.90. The molecule has 4 N–H and O–H groups in total. The summed E-state index contributed by atoms with van der Waals surface area (Å²) in [5.74, 6) is 1.04. The first-order valence-corrected chi connectivity index (χ1v) is 10.3. The second-order valence-electron chi connectivity index (χ2n) is 6.14. The third-order valence-corrected chi connectivity index (χ3v) is 4.80. The fraction of sp³-hybridized carbons (Fsp3) is 0. The van der Waals surface area contributed by atoms with Gasteiger partial charge in [-0.15, -0.1) is 49.5 Å². The van der Waals surface area contributed by atoms with E-state index in [1.807, 2.05) is 36.4 Å². The van der Waals surface area contributed by atoms with Crippen LogP contribution in [0.2, 0.25) is 0 Å². The fourth-order valence-electron chi connectivity index (χ4n) is 2.62. The molecule has 150 valence electrons. The summed E-state index contributed by atoms with van der Waals surface area (Å²) in [7, 11) is 0. The van der Waals surface area contributed by atoms with E-state index in [2.05, 4.69) is 68.0 Å². The van der Waals surface area contributed by atoms with Crippen molar-refractivity contribution >= 4 is 73.0 Å². The van der Waals surface area contributed by atoms with Crippen LogP contribution in [0.4, 0.5) is 23.3 Å². The van der Waals surface area contributed by atoms with Gasteiger partial charge in [-0.2, -0.15) is 24.3 Å². The van der Waals surface area contributed by atoms with Gasteiger partial charge in [0.25, 0.3) is 0 Å². The van der Waals surface area contributed by atoms with Crippen molar-refractivity contribution in [3.05, 3.63) is 69.9 Å². The topological polar surface area (TPSA) is 81.4 Å². The van der Waals surface area contributed by atoms with Gasteiger partial charge in [-0.1, -0.05) is 24.4 Å². The van der Waals surface area contributed by atoms with E-state index in [4.69, 9.17) is 24.4 Å². The second-order valence-corrected chi connectivity index (χ2v) is 7.93. The first kappa shape index (κ1) is 27.6. The van der Waals surface area contributed by atoms with E-state index in [1.54, 1.807) is 12.1 Å². The number of thiol groups is 2. The molecule has 0 aliphatic carbocycles. The minimum absolute atomic E-state index is 0. The van der Waals surface area contributed by atoms with Crippen LogP contribution in [-0.4, -0.2) is 19.9 Å². The summed E-state index contributed by atoms with van der Waals surface area (Å²) in [5.41, 5.74) is 3.46. The van der Waals surface area contributed by atoms with E-state index in [-0.39, 0.29) is 59.1 Å². The van der Waals surface area contributed by atoms with Crippen LogP contribution in [0, 0.1) is 21.4 Å². The zero-order valence-corrected chi connectivity index (χ0v) is 24.6. The number of nitrogens with one attached hydrogen (secondary N) is 4. The van der Waals surface area contributed by atoms with Gasteiger partial charge in [0.2, 0.25) is 0 Å². The molecule has 0 amide bonds. The van der Waals surface area contributed by atoms with E-state index in [0.717, 1.165) is 22.5 Å². The summed E-state index contributed by atoms with van der Waals surface area (Å²) < 4.78 is 1.11. The first-order chi connectivity index (χ1) is 14.4. The average molecular weight is 513 g/mol. The van der Waals surface area contributed by atoms with Crippen LogP contribution in [0.1, 0.15) is 0 Å². The maximum Gasteiger partial charge on any atom is 1.00 e. The number of rotatable bonds is 5. The van der Waals surface area contributed by atoms with Crippen LogP contribution in [0.5, 0.6) is 0 Å². The third kappa shape index (κ3) is 7.69. The van der Waals surface area contributed by atoms with Gasteiger partial charge in [0.05, 0.1) is 10.1 Å². The Hall–Kier alpha value is -0.660. The molecule has 0 spiro atoms. The molecule has 2 heterocycles. The van der Waals surface area contributed by atoms with E-state index < -0.39 is 0 Å². The molecule has 12 heteroatoms. The molecule has 0 radical (unpaired) electrons.